The summed E-state index contributed by atoms with van der Waals surface area (Å²) in [4.78, 5) is 51.9. The molecule has 2 aromatic rings. The van der Waals surface area contributed by atoms with Gasteiger partial charge >= 0.3 is 18.2 Å². The Kier molecular flexibility index (Phi) is 13.5. The second kappa shape index (κ2) is 16.2. The van der Waals surface area contributed by atoms with Crippen molar-refractivity contribution in [2.24, 2.45) is 5.92 Å². The molecule has 0 radical (unpaired) electrons. The molecule has 0 spiro atoms. The number of alkyl carbamates (subject to hydrolysis) is 1. The number of hydrogen-bond acceptors (Lipinski definition) is 6. The number of hydrogen-bond donors (Lipinski definition) is 5. The van der Waals surface area contributed by atoms with Crippen LogP contribution in [0.2, 0.25) is 5.02 Å². The fourth-order valence-electron chi connectivity index (χ4n) is 4.26. The van der Waals surface area contributed by atoms with E-state index in [0.717, 1.165) is 5.32 Å². The van der Waals surface area contributed by atoms with Gasteiger partial charge in [-0.25, -0.2) is 4.79 Å². The molecule has 0 saturated carbocycles. The van der Waals surface area contributed by atoms with Crippen LogP contribution in [0, 0.1) is 5.92 Å². The molecule has 2 aromatic carbocycles. The van der Waals surface area contributed by atoms with Crippen molar-refractivity contribution in [2.45, 2.75) is 83.0 Å². The first-order valence-electron chi connectivity index (χ1n) is 14.4. The van der Waals surface area contributed by atoms with E-state index < -0.39 is 78.2 Å². The molecule has 47 heavy (non-hydrogen) atoms. The molecular weight excluding hydrogens is 655 g/mol. The molecule has 2 rings (SSSR count). The first-order chi connectivity index (χ1) is 21.6. The van der Waals surface area contributed by atoms with Crippen molar-refractivity contribution in [3.63, 3.8) is 0 Å². The van der Waals surface area contributed by atoms with Crippen LogP contribution in [0.15, 0.2) is 54.6 Å². The number of aliphatic hydroxyl groups excluding tert-OH is 1. The smallest absolute Gasteiger partial charge is 0.408 e. The van der Waals surface area contributed by atoms with Gasteiger partial charge in [0.2, 0.25) is 11.8 Å². The summed E-state index contributed by atoms with van der Waals surface area (Å²) in [6.07, 6.45) is -9.01. The number of rotatable bonds is 13. The average Bonchev–Trinajstić information content (AvgIpc) is 2.95. The van der Waals surface area contributed by atoms with Crippen molar-refractivity contribution in [3.8, 4) is 0 Å². The second-order valence-corrected chi connectivity index (χ2v) is 12.5. The number of carbonyl (C=O) groups is 4. The SMILES string of the molecule is CC(C)[C@H](NC(=O)[C@@H](NC(=O)[C@H](Cc1cccc(Cl)c1)NC(=O)OC(C)(C)C)c1ccccc1)[C@@H](O)C(F)(F)C(=O)NCC(F)(F)F. The van der Waals surface area contributed by atoms with Crippen molar-refractivity contribution in [1.82, 2.24) is 21.3 Å². The molecule has 16 heteroatoms. The molecule has 4 amide bonds. The summed E-state index contributed by atoms with van der Waals surface area (Å²) in [6, 6.07) is 9.15. The van der Waals surface area contributed by atoms with Crippen LogP contribution in [-0.4, -0.2) is 71.4 Å². The predicted molar refractivity (Wildman–Crippen MR) is 162 cm³/mol. The zero-order chi connectivity index (χ0) is 35.7. The minimum Gasteiger partial charge on any atom is -0.444 e. The van der Waals surface area contributed by atoms with Crippen molar-refractivity contribution in [1.29, 1.82) is 0 Å². The maximum Gasteiger partial charge on any atom is 0.408 e. The summed E-state index contributed by atoms with van der Waals surface area (Å²) < 4.78 is 72.5. The highest BCUT2D eigenvalue weighted by Gasteiger charge is 2.52. The number of aliphatic hydroxyl groups is 1. The molecule has 0 heterocycles. The minimum absolute atomic E-state index is 0.110. The van der Waals surface area contributed by atoms with Crippen LogP contribution in [0.4, 0.5) is 26.7 Å². The van der Waals surface area contributed by atoms with Gasteiger partial charge in [-0.1, -0.05) is 67.9 Å². The van der Waals surface area contributed by atoms with Crippen molar-refractivity contribution in [2.75, 3.05) is 6.54 Å². The molecule has 0 aliphatic carbocycles. The van der Waals surface area contributed by atoms with E-state index in [4.69, 9.17) is 16.3 Å². The van der Waals surface area contributed by atoms with E-state index in [1.54, 1.807) is 51.1 Å². The quantitative estimate of drug-likeness (QED) is 0.196. The molecule has 260 valence electrons. The maximum absolute atomic E-state index is 14.8. The van der Waals surface area contributed by atoms with E-state index in [1.165, 1.54) is 38.1 Å². The third-order valence-corrected chi connectivity index (χ3v) is 6.74. The number of benzene rings is 2. The van der Waals surface area contributed by atoms with Crippen LogP contribution in [-0.2, 0) is 25.5 Å². The normalized spacial score (nSPS) is 14.7. The standard InChI is InChI=1S/C31H38ClF5N4O6/c1-17(2)22(24(42)31(36,37)27(45)38-16-30(33,34)35)40-26(44)23(19-11-7-6-8-12-19)41-25(43)21(39-28(46)47-29(3,4)5)15-18-10-9-13-20(32)14-18/h6-14,17,21-24,42H,15-16H2,1-5H3,(H,38,45)(H,39,46)(H,40,44)(H,41,43)/t21-,22-,23-,24+/m0/s1. The van der Waals surface area contributed by atoms with Crippen LogP contribution < -0.4 is 21.3 Å². The maximum atomic E-state index is 14.8. The molecule has 0 bridgehead atoms. The minimum atomic E-state index is -4.99. The van der Waals surface area contributed by atoms with Gasteiger partial charge in [-0.2, -0.15) is 22.0 Å². The number of alkyl halides is 5. The van der Waals surface area contributed by atoms with E-state index in [-0.39, 0.29) is 12.0 Å². The first-order valence-corrected chi connectivity index (χ1v) is 14.8. The van der Waals surface area contributed by atoms with E-state index in [9.17, 15) is 46.2 Å². The van der Waals surface area contributed by atoms with Crippen LogP contribution in [0.1, 0.15) is 51.8 Å². The van der Waals surface area contributed by atoms with E-state index >= 15 is 0 Å². The number of amides is 4. The summed E-state index contributed by atoms with van der Waals surface area (Å²) in [5.41, 5.74) is -0.223. The highest BCUT2D eigenvalue weighted by molar-refractivity contribution is 6.30. The van der Waals surface area contributed by atoms with Crippen molar-refractivity contribution >= 4 is 35.4 Å². The lowest BCUT2D eigenvalue weighted by Crippen LogP contribution is -2.61. The first kappa shape index (κ1) is 39.2. The third kappa shape index (κ3) is 12.6. The highest BCUT2D eigenvalue weighted by Crippen LogP contribution is 2.26. The zero-order valence-corrected chi connectivity index (χ0v) is 27.0. The van der Waals surface area contributed by atoms with Crippen LogP contribution in [0.3, 0.4) is 0 Å². The van der Waals surface area contributed by atoms with Gasteiger partial charge in [-0.15, -0.1) is 0 Å². The average molecular weight is 693 g/mol. The zero-order valence-electron chi connectivity index (χ0n) is 26.3. The van der Waals surface area contributed by atoms with Crippen LogP contribution >= 0.6 is 11.6 Å². The lowest BCUT2D eigenvalue weighted by atomic mass is 9.93. The molecule has 0 aromatic heterocycles. The van der Waals surface area contributed by atoms with Gasteiger partial charge < -0.3 is 31.1 Å². The molecule has 10 nitrogen and oxygen atoms in total. The van der Waals surface area contributed by atoms with Gasteiger partial charge in [0.25, 0.3) is 5.91 Å². The molecule has 0 aliphatic rings. The fraction of sp³-hybridized carbons (Fsp3) is 0.484. The van der Waals surface area contributed by atoms with Gasteiger partial charge in [-0.05, 0) is 49.9 Å². The van der Waals surface area contributed by atoms with Gasteiger partial charge in [-0.3, -0.25) is 14.4 Å². The van der Waals surface area contributed by atoms with Crippen molar-refractivity contribution < 1.29 is 51.0 Å². The summed E-state index contributed by atoms with van der Waals surface area (Å²) >= 11 is 6.08. The molecule has 5 N–H and O–H groups in total. The summed E-state index contributed by atoms with van der Waals surface area (Å²) in [5, 5.41) is 19.0. The number of halogens is 6. The van der Waals surface area contributed by atoms with Gasteiger partial charge in [0.15, 0.2) is 0 Å². The molecular formula is C31H38ClF5N4O6. The Labute approximate surface area is 273 Å². The Bertz CT molecular complexity index is 1390. The summed E-state index contributed by atoms with van der Waals surface area (Å²) in [5.74, 6) is -10.1. The highest BCUT2D eigenvalue weighted by atomic mass is 35.5. The molecule has 0 unspecified atom stereocenters. The topological polar surface area (TPSA) is 146 Å². The Hall–Kier alpha value is -3.98. The predicted octanol–water partition coefficient (Wildman–Crippen LogP) is 4.45. The Morgan fingerprint density at radius 2 is 1.49 bits per heavy atom. The van der Waals surface area contributed by atoms with Crippen LogP contribution in [0.5, 0.6) is 0 Å². The summed E-state index contributed by atoms with van der Waals surface area (Å²) in [7, 11) is 0. The largest absolute Gasteiger partial charge is 0.444 e. The monoisotopic (exact) mass is 692 g/mol. The van der Waals surface area contributed by atoms with Crippen LogP contribution in [0.25, 0.3) is 0 Å². The second-order valence-electron chi connectivity index (χ2n) is 12.0. The fourth-order valence-corrected chi connectivity index (χ4v) is 4.48. The Morgan fingerprint density at radius 1 is 0.872 bits per heavy atom. The Balaban J connectivity index is 2.40. The van der Waals surface area contributed by atoms with Gasteiger partial charge in [0, 0.05) is 11.4 Å². The molecule has 0 saturated heterocycles. The molecule has 4 atom stereocenters. The number of carbonyl (C=O) groups excluding carboxylic acids is 4. The van der Waals surface area contributed by atoms with Gasteiger partial charge in [0.1, 0.15) is 30.3 Å². The Morgan fingerprint density at radius 3 is 2.02 bits per heavy atom. The number of ether oxygens (including phenoxy) is 1. The van der Waals surface area contributed by atoms with E-state index in [2.05, 4.69) is 16.0 Å². The lowest BCUT2D eigenvalue weighted by molar-refractivity contribution is -0.175. The van der Waals surface area contributed by atoms with Gasteiger partial charge in [0.05, 0.1) is 6.04 Å². The molecule has 0 fully saturated rings. The lowest BCUT2D eigenvalue weighted by Gasteiger charge is -2.33. The van der Waals surface area contributed by atoms with Crippen molar-refractivity contribution in [3.05, 3.63) is 70.7 Å². The van der Waals surface area contributed by atoms with E-state index in [0.29, 0.717) is 10.6 Å². The third-order valence-electron chi connectivity index (χ3n) is 6.51. The molecule has 0 aliphatic heterocycles. The summed E-state index contributed by atoms with van der Waals surface area (Å²) in [6.45, 7) is 5.40. The van der Waals surface area contributed by atoms with E-state index in [1.807, 2.05) is 0 Å². The number of nitrogens with one attached hydrogen (secondary N) is 4.